The van der Waals surface area contributed by atoms with E-state index in [1.807, 2.05) is 11.8 Å². The maximum absolute atomic E-state index is 13.6. The number of amides is 2. The standard InChI is InChI=1S/C35H24F6N2O4/c1-5-19-13-15-21(17-25(19)34(36,37)38)31(46)42-29-23(9-7-11-27(29)44)33(3,4)24-10-8-12-28(45)30(24)43-32(47)22-16-14-20(6-2)26(18-22)35(39,40)41/h1-2,7-18,44-45H,3-4H3,(H,42,46)(H,43,47). The average Bonchev–Trinajstić information content (AvgIpc) is 3.01. The number of benzene rings is 4. The second kappa shape index (κ2) is 12.5. The number of phenols is 2. The number of carbonyl (C=O) groups is 2. The van der Waals surface area contributed by atoms with Crippen molar-refractivity contribution in [1.82, 2.24) is 0 Å². The molecule has 0 aromatic heterocycles. The van der Waals surface area contributed by atoms with Crippen molar-refractivity contribution in [2.75, 3.05) is 10.6 Å². The predicted octanol–water partition coefficient (Wildman–Crippen LogP) is 7.93. The Morgan fingerprint density at radius 1 is 0.617 bits per heavy atom. The number of anilines is 2. The lowest BCUT2D eigenvalue weighted by molar-refractivity contribution is -0.138. The normalized spacial score (nSPS) is 11.7. The fourth-order valence-electron chi connectivity index (χ4n) is 4.99. The minimum Gasteiger partial charge on any atom is -0.506 e. The SMILES string of the molecule is C#Cc1ccc(C(=O)Nc2c(O)cccc2C(C)(C)c2cccc(O)c2NC(=O)c2ccc(C#C)c(C(F)(F)F)c2)cc1C(F)(F)F. The number of para-hydroxylation sites is 2. The molecule has 0 fully saturated rings. The number of hydrogen-bond donors (Lipinski definition) is 4. The second-order valence-corrected chi connectivity index (χ2v) is 10.7. The van der Waals surface area contributed by atoms with E-state index in [2.05, 4.69) is 10.6 Å². The summed E-state index contributed by atoms with van der Waals surface area (Å²) in [5.41, 5.74) is -5.49. The Labute approximate surface area is 265 Å². The van der Waals surface area contributed by atoms with Crippen molar-refractivity contribution in [2.24, 2.45) is 0 Å². The molecule has 0 aliphatic carbocycles. The van der Waals surface area contributed by atoms with Crippen LogP contribution in [0.1, 0.15) is 67.9 Å². The van der Waals surface area contributed by atoms with Crippen molar-refractivity contribution >= 4 is 23.2 Å². The van der Waals surface area contributed by atoms with Crippen molar-refractivity contribution in [3.05, 3.63) is 117 Å². The summed E-state index contributed by atoms with van der Waals surface area (Å²) in [5.74, 6) is 0.895. The molecule has 6 nitrogen and oxygen atoms in total. The van der Waals surface area contributed by atoms with Crippen LogP contribution in [0.25, 0.3) is 0 Å². The number of alkyl halides is 6. The van der Waals surface area contributed by atoms with Gasteiger partial charge < -0.3 is 20.8 Å². The molecule has 0 saturated heterocycles. The van der Waals surface area contributed by atoms with E-state index in [1.54, 1.807) is 13.8 Å². The molecule has 0 heterocycles. The van der Waals surface area contributed by atoms with Crippen molar-refractivity contribution in [1.29, 1.82) is 0 Å². The molecule has 0 unspecified atom stereocenters. The zero-order valence-electron chi connectivity index (χ0n) is 24.6. The highest BCUT2D eigenvalue weighted by Crippen LogP contribution is 2.45. The van der Waals surface area contributed by atoms with Gasteiger partial charge in [0, 0.05) is 27.7 Å². The number of phenolic OH excluding ortho intramolecular Hbond substituents is 2. The summed E-state index contributed by atoms with van der Waals surface area (Å²) in [5, 5.41) is 26.4. The van der Waals surface area contributed by atoms with E-state index in [0.29, 0.717) is 12.1 Å². The number of hydrogen-bond acceptors (Lipinski definition) is 4. The van der Waals surface area contributed by atoms with Gasteiger partial charge in [-0.2, -0.15) is 26.3 Å². The van der Waals surface area contributed by atoms with E-state index in [0.717, 1.165) is 24.3 Å². The molecule has 47 heavy (non-hydrogen) atoms. The quantitative estimate of drug-likeness (QED) is 0.0968. The molecule has 4 N–H and O–H groups in total. The van der Waals surface area contributed by atoms with E-state index in [1.165, 1.54) is 36.4 Å². The first kappa shape index (κ1) is 34.0. The molecule has 0 aliphatic rings. The van der Waals surface area contributed by atoms with Crippen molar-refractivity contribution in [2.45, 2.75) is 31.6 Å². The highest BCUT2D eigenvalue weighted by atomic mass is 19.4. The Bertz CT molecular complexity index is 1840. The van der Waals surface area contributed by atoms with Crippen molar-refractivity contribution < 1.29 is 46.1 Å². The molecule has 240 valence electrons. The fraction of sp³-hybridized carbons (Fsp3) is 0.143. The molecule has 0 spiro atoms. The molecular formula is C35H24F6N2O4. The first-order chi connectivity index (χ1) is 21.9. The Balaban J connectivity index is 1.76. The van der Waals surface area contributed by atoms with Crippen LogP contribution < -0.4 is 10.6 Å². The highest BCUT2D eigenvalue weighted by molar-refractivity contribution is 6.07. The lowest BCUT2D eigenvalue weighted by Crippen LogP contribution is -2.25. The van der Waals surface area contributed by atoms with E-state index in [-0.39, 0.29) is 22.5 Å². The third kappa shape index (κ3) is 6.87. The number of nitrogens with one attached hydrogen (secondary N) is 2. The first-order valence-corrected chi connectivity index (χ1v) is 13.5. The molecule has 2 amide bonds. The van der Waals surface area contributed by atoms with Crippen LogP contribution in [0.4, 0.5) is 37.7 Å². The minimum absolute atomic E-state index is 0.195. The molecule has 0 bridgehead atoms. The molecule has 4 aromatic carbocycles. The first-order valence-electron chi connectivity index (χ1n) is 13.5. The Kier molecular flexibility index (Phi) is 9.03. The summed E-state index contributed by atoms with van der Waals surface area (Å²) in [6, 6.07) is 13.6. The zero-order chi connectivity index (χ0) is 34.9. The summed E-state index contributed by atoms with van der Waals surface area (Å²) >= 11 is 0. The third-order valence-electron chi connectivity index (χ3n) is 7.39. The molecule has 0 saturated carbocycles. The van der Waals surface area contributed by atoms with Gasteiger partial charge in [-0.15, -0.1) is 12.8 Å². The number of rotatable bonds is 6. The molecule has 4 aromatic rings. The largest absolute Gasteiger partial charge is 0.506 e. The Morgan fingerprint density at radius 3 is 1.30 bits per heavy atom. The summed E-state index contributed by atoms with van der Waals surface area (Å²) < 4.78 is 81.5. The number of terminal acetylenes is 2. The Hall–Kier alpha value is -5.88. The average molecular weight is 651 g/mol. The van der Waals surface area contributed by atoms with Gasteiger partial charge in [0.15, 0.2) is 0 Å². The third-order valence-corrected chi connectivity index (χ3v) is 7.39. The van der Waals surface area contributed by atoms with Gasteiger partial charge in [-0.25, -0.2) is 0 Å². The number of halogens is 6. The van der Waals surface area contributed by atoms with E-state index < -0.39 is 74.5 Å². The summed E-state index contributed by atoms with van der Waals surface area (Å²) in [6.07, 6.45) is 0.656. The molecule has 0 atom stereocenters. The number of aromatic hydroxyl groups is 2. The number of carbonyl (C=O) groups excluding carboxylic acids is 2. The molecular weight excluding hydrogens is 626 g/mol. The van der Waals surface area contributed by atoms with Crippen molar-refractivity contribution in [3.63, 3.8) is 0 Å². The second-order valence-electron chi connectivity index (χ2n) is 10.7. The lowest BCUT2D eigenvalue weighted by Gasteiger charge is -2.31. The molecule has 0 aliphatic heterocycles. The highest BCUT2D eigenvalue weighted by Gasteiger charge is 2.36. The van der Waals surface area contributed by atoms with Gasteiger partial charge in [-0.05, 0) is 59.7 Å². The van der Waals surface area contributed by atoms with E-state index in [4.69, 9.17) is 12.8 Å². The Morgan fingerprint density at radius 2 is 0.979 bits per heavy atom. The van der Waals surface area contributed by atoms with E-state index >= 15 is 0 Å². The molecule has 4 rings (SSSR count). The molecule has 0 radical (unpaired) electrons. The van der Waals surface area contributed by atoms with Crippen LogP contribution in [0, 0.1) is 24.7 Å². The van der Waals surface area contributed by atoms with Gasteiger partial charge in [0.25, 0.3) is 11.8 Å². The van der Waals surface area contributed by atoms with Gasteiger partial charge in [-0.3, -0.25) is 9.59 Å². The minimum atomic E-state index is -4.85. The maximum Gasteiger partial charge on any atom is 0.417 e. The van der Waals surface area contributed by atoms with Crippen LogP contribution in [-0.4, -0.2) is 22.0 Å². The fourth-order valence-corrected chi connectivity index (χ4v) is 4.99. The van der Waals surface area contributed by atoms with Gasteiger partial charge in [0.1, 0.15) is 11.5 Å². The lowest BCUT2D eigenvalue weighted by atomic mass is 9.76. The van der Waals surface area contributed by atoms with Gasteiger partial charge in [-0.1, -0.05) is 50.0 Å². The van der Waals surface area contributed by atoms with Crippen LogP contribution in [0.3, 0.4) is 0 Å². The van der Waals surface area contributed by atoms with E-state index in [9.17, 15) is 46.1 Å². The smallest absolute Gasteiger partial charge is 0.417 e. The predicted molar refractivity (Wildman–Crippen MR) is 163 cm³/mol. The topological polar surface area (TPSA) is 98.7 Å². The van der Waals surface area contributed by atoms with Crippen LogP contribution in [0.5, 0.6) is 11.5 Å². The monoisotopic (exact) mass is 650 g/mol. The van der Waals surface area contributed by atoms with Crippen LogP contribution in [-0.2, 0) is 17.8 Å². The summed E-state index contributed by atoms with van der Waals surface area (Å²) in [6.45, 7) is 3.18. The van der Waals surface area contributed by atoms with Gasteiger partial charge in [0.05, 0.1) is 22.5 Å². The van der Waals surface area contributed by atoms with Crippen LogP contribution in [0.15, 0.2) is 72.8 Å². The maximum atomic E-state index is 13.6. The van der Waals surface area contributed by atoms with Gasteiger partial charge in [0.2, 0.25) is 0 Å². The summed E-state index contributed by atoms with van der Waals surface area (Å²) in [7, 11) is 0. The molecule has 12 heteroatoms. The van der Waals surface area contributed by atoms with Gasteiger partial charge >= 0.3 is 12.4 Å². The van der Waals surface area contributed by atoms with Crippen LogP contribution in [0.2, 0.25) is 0 Å². The zero-order valence-corrected chi connectivity index (χ0v) is 24.6. The van der Waals surface area contributed by atoms with Crippen molar-refractivity contribution in [3.8, 4) is 36.2 Å². The summed E-state index contributed by atoms with van der Waals surface area (Å²) in [4.78, 5) is 26.4. The van der Waals surface area contributed by atoms with Crippen LogP contribution >= 0.6 is 0 Å².